The van der Waals surface area contributed by atoms with Crippen molar-refractivity contribution in [3.8, 4) is 11.3 Å². The zero-order valence-corrected chi connectivity index (χ0v) is 18.3. The van der Waals surface area contributed by atoms with Gasteiger partial charge in [0.15, 0.2) is 0 Å². The molecule has 0 aliphatic carbocycles. The van der Waals surface area contributed by atoms with Gasteiger partial charge in [-0.3, -0.25) is 4.72 Å². The summed E-state index contributed by atoms with van der Waals surface area (Å²) < 4.78 is 29.5. The van der Waals surface area contributed by atoms with E-state index in [1.165, 1.54) is 12.1 Å². The van der Waals surface area contributed by atoms with Crippen LogP contribution in [0, 0.1) is 0 Å². The third-order valence-electron chi connectivity index (χ3n) is 5.50. The maximum atomic E-state index is 12.5. The number of imidazole rings is 1. The fourth-order valence-electron chi connectivity index (χ4n) is 3.94. The Kier molecular flexibility index (Phi) is 5.31. The third-order valence-corrected chi connectivity index (χ3v) is 6.90. The summed E-state index contributed by atoms with van der Waals surface area (Å²) in [5.74, 6) is 0. The SMILES string of the molecule is O=C(NCC1c2ccccc2-c2cncn21)Nc1ccc(NS(=O)(=O)c2ccccc2)cc1. The summed E-state index contributed by atoms with van der Waals surface area (Å²) in [6, 6.07) is 22.3. The molecule has 5 rings (SSSR count). The van der Waals surface area contributed by atoms with Crippen molar-refractivity contribution in [3.05, 3.63) is 97.0 Å². The number of nitrogens with zero attached hydrogens (tertiary/aromatic N) is 2. The van der Waals surface area contributed by atoms with Gasteiger partial charge in [-0.05, 0) is 42.0 Å². The molecular formula is C24H21N5O3S. The molecule has 1 unspecified atom stereocenters. The van der Waals surface area contributed by atoms with Gasteiger partial charge >= 0.3 is 6.03 Å². The second-order valence-corrected chi connectivity index (χ2v) is 9.30. The highest BCUT2D eigenvalue weighted by Gasteiger charge is 2.28. The molecule has 4 aromatic rings. The van der Waals surface area contributed by atoms with Crippen molar-refractivity contribution in [2.75, 3.05) is 16.6 Å². The lowest BCUT2D eigenvalue weighted by Crippen LogP contribution is -2.33. The second-order valence-electron chi connectivity index (χ2n) is 7.62. The van der Waals surface area contributed by atoms with Gasteiger partial charge < -0.3 is 15.2 Å². The largest absolute Gasteiger partial charge is 0.335 e. The van der Waals surface area contributed by atoms with Crippen molar-refractivity contribution in [2.24, 2.45) is 0 Å². The minimum Gasteiger partial charge on any atom is -0.335 e. The number of carbonyl (C=O) groups is 1. The first-order chi connectivity index (χ1) is 16.0. The van der Waals surface area contributed by atoms with Crippen LogP contribution in [0.5, 0.6) is 0 Å². The van der Waals surface area contributed by atoms with Gasteiger partial charge in [0.25, 0.3) is 10.0 Å². The normalized spacial score (nSPS) is 14.2. The van der Waals surface area contributed by atoms with E-state index in [0.717, 1.165) is 16.8 Å². The third kappa shape index (κ3) is 4.18. The zero-order chi connectivity index (χ0) is 22.8. The Morgan fingerprint density at radius 1 is 0.909 bits per heavy atom. The van der Waals surface area contributed by atoms with Crippen LogP contribution in [0.4, 0.5) is 16.2 Å². The number of aromatic nitrogens is 2. The molecule has 1 aliphatic heterocycles. The number of benzene rings is 3. The molecule has 0 bridgehead atoms. The molecule has 0 saturated heterocycles. The molecule has 0 saturated carbocycles. The van der Waals surface area contributed by atoms with Crippen LogP contribution in [0.15, 0.2) is 96.3 Å². The van der Waals surface area contributed by atoms with E-state index >= 15 is 0 Å². The molecular weight excluding hydrogens is 438 g/mol. The summed E-state index contributed by atoms with van der Waals surface area (Å²) in [5.41, 5.74) is 4.25. The summed E-state index contributed by atoms with van der Waals surface area (Å²) in [6.07, 6.45) is 3.60. The Bertz CT molecular complexity index is 1400. The number of carbonyl (C=O) groups excluding carboxylic acids is 1. The number of nitrogens with one attached hydrogen (secondary N) is 3. The van der Waals surface area contributed by atoms with Gasteiger partial charge in [-0.15, -0.1) is 0 Å². The number of hydrogen-bond donors (Lipinski definition) is 3. The molecule has 1 atom stereocenters. The molecule has 2 amide bonds. The van der Waals surface area contributed by atoms with E-state index in [-0.39, 0.29) is 17.0 Å². The highest BCUT2D eigenvalue weighted by molar-refractivity contribution is 7.92. The Morgan fingerprint density at radius 3 is 2.39 bits per heavy atom. The molecule has 33 heavy (non-hydrogen) atoms. The molecule has 8 nitrogen and oxygen atoms in total. The average molecular weight is 460 g/mol. The number of hydrogen-bond acceptors (Lipinski definition) is 4. The average Bonchev–Trinajstić information content (AvgIpc) is 3.41. The predicted octanol–water partition coefficient (Wildman–Crippen LogP) is 4.08. The summed E-state index contributed by atoms with van der Waals surface area (Å²) >= 11 is 0. The minimum atomic E-state index is -3.67. The Labute approximate surface area is 191 Å². The van der Waals surface area contributed by atoms with Gasteiger partial charge in [-0.1, -0.05) is 42.5 Å². The maximum absolute atomic E-state index is 12.5. The van der Waals surface area contributed by atoms with Gasteiger partial charge in [0.05, 0.1) is 29.2 Å². The summed E-state index contributed by atoms with van der Waals surface area (Å²) in [7, 11) is -3.67. The lowest BCUT2D eigenvalue weighted by atomic mass is 10.0. The fraction of sp³-hybridized carbons (Fsp3) is 0.0833. The van der Waals surface area contributed by atoms with Crippen molar-refractivity contribution < 1.29 is 13.2 Å². The van der Waals surface area contributed by atoms with Crippen molar-refractivity contribution in [2.45, 2.75) is 10.9 Å². The molecule has 9 heteroatoms. The van der Waals surface area contributed by atoms with Crippen molar-refractivity contribution in [1.82, 2.24) is 14.9 Å². The summed E-state index contributed by atoms with van der Waals surface area (Å²) in [5, 5.41) is 5.69. The number of amides is 2. The van der Waals surface area contributed by atoms with Crippen molar-refractivity contribution in [1.29, 1.82) is 0 Å². The molecule has 0 fully saturated rings. The Hall–Kier alpha value is -4.11. The predicted molar refractivity (Wildman–Crippen MR) is 127 cm³/mol. The monoisotopic (exact) mass is 459 g/mol. The van der Waals surface area contributed by atoms with Crippen LogP contribution in [-0.4, -0.2) is 30.5 Å². The molecule has 166 valence electrons. The van der Waals surface area contributed by atoms with Crippen LogP contribution in [0.3, 0.4) is 0 Å². The Balaban J connectivity index is 1.20. The fourth-order valence-corrected chi connectivity index (χ4v) is 5.02. The lowest BCUT2D eigenvalue weighted by Gasteiger charge is -2.16. The van der Waals surface area contributed by atoms with E-state index in [9.17, 15) is 13.2 Å². The van der Waals surface area contributed by atoms with E-state index in [1.807, 2.05) is 18.3 Å². The maximum Gasteiger partial charge on any atom is 0.319 e. The van der Waals surface area contributed by atoms with Crippen molar-refractivity contribution >= 4 is 27.4 Å². The molecule has 3 N–H and O–H groups in total. The van der Waals surface area contributed by atoms with Gasteiger partial charge in [0, 0.05) is 23.5 Å². The first-order valence-electron chi connectivity index (χ1n) is 10.4. The van der Waals surface area contributed by atoms with E-state index < -0.39 is 10.0 Å². The van der Waals surface area contributed by atoms with Crippen LogP contribution in [-0.2, 0) is 10.0 Å². The highest BCUT2D eigenvalue weighted by Crippen LogP contribution is 2.38. The number of sulfonamides is 1. The number of urea groups is 1. The molecule has 2 heterocycles. The highest BCUT2D eigenvalue weighted by atomic mass is 32.2. The van der Waals surface area contributed by atoms with E-state index in [2.05, 4.69) is 37.0 Å². The van der Waals surface area contributed by atoms with Gasteiger partial charge in [-0.2, -0.15) is 0 Å². The zero-order valence-electron chi connectivity index (χ0n) is 17.5. The van der Waals surface area contributed by atoms with E-state index in [0.29, 0.717) is 17.9 Å². The molecule has 0 radical (unpaired) electrons. The van der Waals surface area contributed by atoms with Crippen LogP contribution in [0.25, 0.3) is 11.3 Å². The van der Waals surface area contributed by atoms with Crippen molar-refractivity contribution in [3.63, 3.8) is 0 Å². The smallest absolute Gasteiger partial charge is 0.319 e. The summed E-state index contributed by atoms with van der Waals surface area (Å²) in [6.45, 7) is 0.404. The van der Waals surface area contributed by atoms with Gasteiger partial charge in [-0.25, -0.2) is 18.2 Å². The molecule has 0 spiro atoms. The van der Waals surface area contributed by atoms with E-state index in [4.69, 9.17) is 0 Å². The lowest BCUT2D eigenvalue weighted by molar-refractivity contribution is 0.251. The molecule has 1 aromatic heterocycles. The minimum absolute atomic E-state index is 0.0285. The van der Waals surface area contributed by atoms with Gasteiger partial charge in [0.2, 0.25) is 0 Å². The topological polar surface area (TPSA) is 105 Å². The number of fused-ring (bicyclic) bond motifs is 3. The van der Waals surface area contributed by atoms with E-state index in [1.54, 1.807) is 48.8 Å². The van der Waals surface area contributed by atoms with Crippen LogP contribution in [0.1, 0.15) is 11.6 Å². The Morgan fingerprint density at radius 2 is 1.61 bits per heavy atom. The number of anilines is 2. The van der Waals surface area contributed by atoms with Gasteiger partial charge in [0.1, 0.15) is 0 Å². The standard InChI is InChI=1S/C24H21N5O3S/c30-24(26-15-23-21-9-5-4-8-20(21)22-14-25-16-29(22)23)27-17-10-12-18(13-11-17)28-33(31,32)19-6-2-1-3-7-19/h1-14,16,23,28H,15H2,(H2,26,27,30). The quantitative estimate of drug-likeness (QED) is 0.404. The first-order valence-corrected chi connectivity index (χ1v) is 11.8. The first kappa shape index (κ1) is 20.8. The van der Waals surface area contributed by atoms with Crippen LogP contribution >= 0.6 is 0 Å². The summed E-state index contributed by atoms with van der Waals surface area (Å²) in [4.78, 5) is 16.9. The number of rotatable bonds is 6. The van der Waals surface area contributed by atoms with Crippen LogP contribution in [0.2, 0.25) is 0 Å². The second kappa shape index (κ2) is 8.44. The molecule has 3 aromatic carbocycles. The molecule has 1 aliphatic rings. The van der Waals surface area contributed by atoms with Crippen LogP contribution < -0.4 is 15.4 Å².